The minimum absolute atomic E-state index is 0.357. The van der Waals surface area contributed by atoms with Gasteiger partial charge < -0.3 is 19.4 Å². The molecule has 126 valence electrons. The molecule has 0 saturated heterocycles. The molecule has 0 radical (unpaired) electrons. The van der Waals surface area contributed by atoms with E-state index in [1.807, 2.05) is 30.7 Å². The Kier molecular flexibility index (Phi) is 5.36. The number of allylic oxidation sites excluding steroid dienone is 2. The summed E-state index contributed by atoms with van der Waals surface area (Å²) in [5.74, 6) is 1.45. The Labute approximate surface area is 140 Å². The van der Waals surface area contributed by atoms with Gasteiger partial charge in [-0.3, -0.25) is 4.79 Å². The number of amides is 1. The number of pyridine rings is 1. The second-order valence-corrected chi connectivity index (χ2v) is 4.88. The highest BCUT2D eigenvalue weighted by molar-refractivity contribution is 5.90. The van der Waals surface area contributed by atoms with Crippen molar-refractivity contribution in [2.45, 2.75) is 6.92 Å². The van der Waals surface area contributed by atoms with Gasteiger partial charge in [0.05, 0.1) is 31.6 Å². The van der Waals surface area contributed by atoms with Crippen molar-refractivity contribution in [1.82, 2.24) is 9.55 Å². The molecule has 0 aliphatic rings. The van der Waals surface area contributed by atoms with Crippen molar-refractivity contribution in [2.24, 2.45) is 12.0 Å². The van der Waals surface area contributed by atoms with E-state index < -0.39 is 0 Å². The van der Waals surface area contributed by atoms with Crippen LogP contribution in [0, 0.1) is 0 Å². The van der Waals surface area contributed by atoms with Gasteiger partial charge in [-0.1, -0.05) is 0 Å². The molecule has 0 saturated carbocycles. The highest BCUT2D eigenvalue weighted by atomic mass is 16.5. The van der Waals surface area contributed by atoms with Gasteiger partial charge in [-0.15, -0.1) is 0 Å². The van der Waals surface area contributed by atoms with Crippen molar-refractivity contribution < 1.29 is 14.3 Å². The number of ether oxygens (including phenoxy) is 2. The summed E-state index contributed by atoms with van der Waals surface area (Å²) < 4.78 is 12.8. The molecule has 0 bridgehead atoms. The summed E-state index contributed by atoms with van der Waals surface area (Å²) in [5, 5.41) is 3.46. The minimum Gasteiger partial charge on any atom is -0.496 e. The molecular formula is C17H20N4O3. The summed E-state index contributed by atoms with van der Waals surface area (Å²) in [6.45, 7) is 5.43. The first-order valence-corrected chi connectivity index (χ1v) is 7.22. The molecule has 0 unspecified atom stereocenters. The lowest BCUT2D eigenvalue weighted by atomic mass is 10.1. The molecule has 0 spiro atoms. The van der Waals surface area contributed by atoms with Crippen LogP contribution >= 0.6 is 0 Å². The molecule has 7 nitrogen and oxygen atoms in total. The first kappa shape index (κ1) is 17.3. The first-order valence-electron chi connectivity index (χ1n) is 7.22. The van der Waals surface area contributed by atoms with Crippen LogP contribution in [0.2, 0.25) is 0 Å². The summed E-state index contributed by atoms with van der Waals surface area (Å²) >= 11 is 0. The second kappa shape index (κ2) is 7.45. The molecule has 2 aromatic rings. The van der Waals surface area contributed by atoms with Gasteiger partial charge in [-0.25, -0.2) is 9.98 Å². The Morgan fingerprint density at radius 2 is 2.12 bits per heavy atom. The zero-order chi connectivity index (χ0) is 17.7. The zero-order valence-corrected chi connectivity index (χ0v) is 14.2. The lowest BCUT2D eigenvalue weighted by molar-refractivity contribution is -0.105. The van der Waals surface area contributed by atoms with E-state index in [0.29, 0.717) is 29.4 Å². The topological polar surface area (TPSA) is 77.7 Å². The van der Waals surface area contributed by atoms with Gasteiger partial charge in [-0.05, 0) is 31.9 Å². The Hall–Kier alpha value is -3.09. The van der Waals surface area contributed by atoms with Gasteiger partial charge >= 0.3 is 0 Å². The van der Waals surface area contributed by atoms with E-state index in [1.54, 1.807) is 19.4 Å². The molecule has 7 heteroatoms. The van der Waals surface area contributed by atoms with Crippen LogP contribution in [0.4, 0.5) is 5.82 Å². The Bertz CT molecular complexity index is 834. The van der Waals surface area contributed by atoms with E-state index in [-0.39, 0.29) is 0 Å². The fourth-order valence-corrected chi connectivity index (χ4v) is 2.56. The fraction of sp³-hybridized carbons (Fsp3) is 0.235. The van der Waals surface area contributed by atoms with Crippen LogP contribution in [0.25, 0.3) is 16.5 Å². The van der Waals surface area contributed by atoms with E-state index in [2.05, 4.69) is 22.0 Å². The van der Waals surface area contributed by atoms with Crippen molar-refractivity contribution in [2.75, 3.05) is 19.5 Å². The molecule has 1 N–H and O–H groups in total. The van der Waals surface area contributed by atoms with Crippen molar-refractivity contribution in [1.29, 1.82) is 0 Å². The van der Waals surface area contributed by atoms with Gasteiger partial charge in [0.2, 0.25) is 12.3 Å². The van der Waals surface area contributed by atoms with Gasteiger partial charge in [-0.2, -0.15) is 0 Å². The number of nitrogens with one attached hydrogen (secondary N) is 1. The lowest BCUT2D eigenvalue weighted by Crippen LogP contribution is -2.03. The fourth-order valence-electron chi connectivity index (χ4n) is 2.56. The maximum Gasteiger partial charge on any atom is 0.225 e. The number of nitrogens with zero attached hydrogens (tertiary/aromatic N) is 3. The molecule has 0 aliphatic heterocycles. The van der Waals surface area contributed by atoms with Crippen molar-refractivity contribution in [3.8, 4) is 0 Å². The Morgan fingerprint density at radius 1 is 1.38 bits per heavy atom. The van der Waals surface area contributed by atoms with Gasteiger partial charge in [0.15, 0.2) is 0 Å². The maximum atomic E-state index is 10.6. The quantitative estimate of drug-likeness (QED) is 0.367. The average Bonchev–Trinajstić information content (AvgIpc) is 2.91. The number of carbonyl (C=O) groups is 1. The van der Waals surface area contributed by atoms with Gasteiger partial charge in [0, 0.05) is 12.4 Å². The molecule has 2 aromatic heterocycles. The Morgan fingerprint density at radius 3 is 2.67 bits per heavy atom. The van der Waals surface area contributed by atoms with Crippen LogP contribution in [0.15, 0.2) is 41.0 Å². The molecule has 0 fully saturated rings. The molecule has 0 aliphatic carbocycles. The lowest BCUT2D eigenvalue weighted by Gasteiger charge is -2.14. The smallest absolute Gasteiger partial charge is 0.225 e. The highest BCUT2D eigenvalue weighted by Gasteiger charge is 2.20. The number of aliphatic imine (C=N–C) groups is 1. The molecule has 24 heavy (non-hydrogen) atoms. The van der Waals surface area contributed by atoms with E-state index in [1.165, 1.54) is 7.11 Å². The summed E-state index contributed by atoms with van der Waals surface area (Å²) in [4.78, 5) is 18.8. The van der Waals surface area contributed by atoms with Crippen LogP contribution in [0.1, 0.15) is 12.6 Å². The van der Waals surface area contributed by atoms with Crippen LogP contribution in [0.3, 0.4) is 0 Å². The molecule has 2 rings (SSSR count). The van der Waals surface area contributed by atoms with Crippen molar-refractivity contribution in [3.63, 3.8) is 0 Å². The third kappa shape index (κ3) is 3.01. The number of rotatable bonds is 7. The second-order valence-electron chi connectivity index (χ2n) is 4.88. The number of fused-ring (bicyclic) bond motifs is 1. The monoisotopic (exact) mass is 328 g/mol. The number of aromatic nitrogens is 2. The highest BCUT2D eigenvalue weighted by Crippen LogP contribution is 2.32. The number of carbonyl (C=O) groups excluding carboxylic acids is 1. The average molecular weight is 328 g/mol. The summed E-state index contributed by atoms with van der Waals surface area (Å²) in [5.41, 5.74) is 2.40. The summed E-state index contributed by atoms with van der Waals surface area (Å²) in [6.07, 6.45) is 4.12. The van der Waals surface area contributed by atoms with E-state index >= 15 is 0 Å². The largest absolute Gasteiger partial charge is 0.496 e. The number of anilines is 1. The number of aryl methyl sites for hydroxylation is 1. The van der Waals surface area contributed by atoms with Crippen molar-refractivity contribution in [3.05, 3.63) is 41.7 Å². The predicted molar refractivity (Wildman–Crippen MR) is 94.6 cm³/mol. The number of hydrogen-bond donors (Lipinski definition) is 1. The van der Waals surface area contributed by atoms with Gasteiger partial charge in [0.1, 0.15) is 17.2 Å². The zero-order valence-electron chi connectivity index (χ0n) is 14.2. The first-order chi connectivity index (χ1) is 11.6. The maximum absolute atomic E-state index is 10.6. The van der Waals surface area contributed by atoms with E-state index in [9.17, 15) is 4.79 Å². The van der Waals surface area contributed by atoms with Crippen LogP contribution < -0.4 is 5.32 Å². The van der Waals surface area contributed by atoms with Crippen LogP contribution in [0.5, 0.6) is 0 Å². The minimum atomic E-state index is 0.357. The van der Waals surface area contributed by atoms with Gasteiger partial charge in [0.25, 0.3) is 0 Å². The van der Waals surface area contributed by atoms with E-state index in [0.717, 1.165) is 16.6 Å². The number of methoxy groups -OCH3 is 2. The number of hydrogen-bond acceptors (Lipinski definition) is 5. The third-order valence-corrected chi connectivity index (χ3v) is 3.67. The predicted octanol–water partition coefficient (Wildman–Crippen LogP) is 2.71. The summed E-state index contributed by atoms with van der Waals surface area (Å²) in [7, 11) is 5.02. The molecule has 0 aromatic carbocycles. The molecule has 0 atom stereocenters. The molecule has 1 amide bonds. The van der Waals surface area contributed by atoms with Crippen molar-refractivity contribution >= 4 is 35.4 Å². The van der Waals surface area contributed by atoms with Crippen LogP contribution in [-0.4, -0.2) is 36.9 Å². The summed E-state index contributed by atoms with van der Waals surface area (Å²) in [6, 6.07) is 3.75. The normalized spacial score (nSPS) is 12.6. The van der Waals surface area contributed by atoms with E-state index in [4.69, 9.17) is 9.47 Å². The standard InChI is InChI=1S/C17H20N4O3/c1-6-14(23-4)16(17(18-2)24-5)12-7-11-8-15(20-10-22)19-9-13(11)21(12)3/h6-10H,2H2,1,3-5H3,(H,19,20,22)/b14-6+,17-16+. The molecular weight excluding hydrogens is 308 g/mol. The third-order valence-electron chi connectivity index (χ3n) is 3.67. The van der Waals surface area contributed by atoms with Crippen LogP contribution in [-0.2, 0) is 21.3 Å². The molecule has 2 heterocycles. The Balaban J connectivity index is 2.75. The SMILES string of the molecule is C=N/C(OC)=C(\C(=C/C)OC)c1cc2cc(NC=O)ncc2n1C.